The van der Waals surface area contributed by atoms with E-state index in [0.717, 1.165) is 11.1 Å². The van der Waals surface area contributed by atoms with Gasteiger partial charge in [-0.15, -0.1) is 0 Å². The van der Waals surface area contributed by atoms with Crippen molar-refractivity contribution in [3.8, 4) is 0 Å². The standard InChI is InChI=1S/C15H14ClN/c1-10(17)9-15(16)14-8-7-12-5-3-4-6-13(12)11(14)2/h3-9H,1,17H2,2H3/b15-9+. The van der Waals surface area contributed by atoms with Crippen LogP contribution < -0.4 is 5.73 Å². The summed E-state index contributed by atoms with van der Waals surface area (Å²) in [4.78, 5) is 0. The first-order valence-electron chi connectivity index (χ1n) is 5.40. The third-order valence-electron chi connectivity index (χ3n) is 2.77. The number of hydrogen-bond donors (Lipinski definition) is 1. The van der Waals surface area contributed by atoms with Crippen LogP contribution in [0.2, 0.25) is 0 Å². The molecule has 2 heteroatoms. The van der Waals surface area contributed by atoms with Crippen LogP contribution in [0.4, 0.5) is 0 Å². The summed E-state index contributed by atoms with van der Waals surface area (Å²) in [6, 6.07) is 12.3. The second-order valence-corrected chi connectivity index (χ2v) is 4.43. The molecular weight excluding hydrogens is 230 g/mol. The first kappa shape index (κ1) is 11.7. The molecule has 0 amide bonds. The number of fused-ring (bicyclic) bond motifs is 1. The van der Waals surface area contributed by atoms with Crippen molar-refractivity contribution in [3.63, 3.8) is 0 Å². The van der Waals surface area contributed by atoms with E-state index >= 15 is 0 Å². The second-order valence-electron chi connectivity index (χ2n) is 4.03. The predicted molar refractivity (Wildman–Crippen MR) is 75.8 cm³/mol. The highest BCUT2D eigenvalue weighted by Crippen LogP contribution is 2.29. The van der Waals surface area contributed by atoms with Gasteiger partial charge in [0.25, 0.3) is 0 Å². The molecule has 0 radical (unpaired) electrons. The van der Waals surface area contributed by atoms with Gasteiger partial charge in [0, 0.05) is 5.70 Å². The minimum Gasteiger partial charge on any atom is -0.399 e. The monoisotopic (exact) mass is 243 g/mol. The Hall–Kier alpha value is -1.73. The maximum Gasteiger partial charge on any atom is 0.0501 e. The number of benzene rings is 2. The Morgan fingerprint density at radius 2 is 1.94 bits per heavy atom. The molecule has 0 unspecified atom stereocenters. The Kier molecular flexibility index (Phi) is 3.21. The highest BCUT2D eigenvalue weighted by molar-refractivity contribution is 6.49. The first-order valence-corrected chi connectivity index (χ1v) is 5.77. The number of rotatable bonds is 2. The number of nitrogens with two attached hydrogens (primary N) is 1. The third-order valence-corrected chi connectivity index (χ3v) is 3.08. The zero-order chi connectivity index (χ0) is 12.4. The molecule has 2 rings (SSSR count). The molecule has 0 saturated carbocycles. The summed E-state index contributed by atoms with van der Waals surface area (Å²) in [6.45, 7) is 5.69. The van der Waals surface area contributed by atoms with Gasteiger partial charge in [-0.1, -0.05) is 54.6 Å². The predicted octanol–water partition coefficient (Wildman–Crippen LogP) is 4.20. The summed E-state index contributed by atoms with van der Waals surface area (Å²) in [5.41, 5.74) is 8.15. The SMILES string of the molecule is C=C(N)/C=C(/Cl)c1ccc2ccccc2c1C. The van der Waals surface area contributed by atoms with Crippen molar-refractivity contribution in [2.75, 3.05) is 0 Å². The van der Waals surface area contributed by atoms with Gasteiger partial charge in [0.1, 0.15) is 0 Å². The van der Waals surface area contributed by atoms with Crippen LogP contribution in [0.5, 0.6) is 0 Å². The van der Waals surface area contributed by atoms with Crippen LogP contribution in [0.15, 0.2) is 54.8 Å². The lowest BCUT2D eigenvalue weighted by molar-refractivity contribution is 1.44. The van der Waals surface area contributed by atoms with Crippen LogP contribution in [0.3, 0.4) is 0 Å². The van der Waals surface area contributed by atoms with Crippen molar-refractivity contribution in [3.05, 3.63) is 65.9 Å². The van der Waals surface area contributed by atoms with Gasteiger partial charge in [0.15, 0.2) is 0 Å². The number of aryl methyl sites for hydroxylation is 1. The molecule has 0 fully saturated rings. The molecule has 2 N–H and O–H groups in total. The average molecular weight is 244 g/mol. The van der Waals surface area contributed by atoms with Crippen molar-refractivity contribution in [1.82, 2.24) is 0 Å². The molecule has 17 heavy (non-hydrogen) atoms. The van der Waals surface area contributed by atoms with E-state index in [4.69, 9.17) is 17.3 Å². The van der Waals surface area contributed by atoms with Crippen molar-refractivity contribution in [2.24, 2.45) is 5.73 Å². The number of allylic oxidation sites excluding steroid dienone is 1. The zero-order valence-corrected chi connectivity index (χ0v) is 10.5. The summed E-state index contributed by atoms with van der Waals surface area (Å²) in [7, 11) is 0. The molecule has 0 heterocycles. The Labute approximate surface area is 106 Å². The van der Waals surface area contributed by atoms with Crippen molar-refractivity contribution >= 4 is 27.4 Å². The largest absolute Gasteiger partial charge is 0.399 e. The normalized spacial score (nSPS) is 11.8. The quantitative estimate of drug-likeness (QED) is 0.786. The maximum atomic E-state index is 6.23. The van der Waals surface area contributed by atoms with Gasteiger partial charge < -0.3 is 5.73 Å². The Morgan fingerprint density at radius 1 is 1.24 bits per heavy atom. The van der Waals surface area contributed by atoms with E-state index in [0.29, 0.717) is 10.7 Å². The van der Waals surface area contributed by atoms with Crippen LogP contribution in [0.25, 0.3) is 15.8 Å². The topological polar surface area (TPSA) is 26.0 Å². The number of hydrogen-bond acceptors (Lipinski definition) is 1. The highest BCUT2D eigenvalue weighted by Gasteiger charge is 2.06. The summed E-state index contributed by atoms with van der Waals surface area (Å²) < 4.78 is 0. The minimum absolute atomic E-state index is 0.461. The van der Waals surface area contributed by atoms with E-state index in [1.807, 2.05) is 18.2 Å². The smallest absolute Gasteiger partial charge is 0.0501 e. The molecule has 86 valence electrons. The van der Waals surface area contributed by atoms with Crippen molar-refractivity contribution < 1.29 is 0 Å². The van der Waals surface area contributed by atoms with Gasteiger partial charge >= 0.3 is 0 Å². The lowest BCUT2D eigenvalue weighted by Crippen LogP contribution is -1.92. The van der Waals surface area contributed by atoms with E-state index in [9.17, 15) is 0 Å². The fourth-order valence-electron chi connectivity index (χ4n) is 1.93. The molecular formula is C15H14ClN. The molecule has 0 atom stereocenters. The van der Waals surface area contributed by atoms with Gasteiger partial charge in [-0.25, -0.2) is 0 Å². The lowest BCUT2D eigenvalue weighted by Gasteiger charge is -2.08. The van der Waals surface area contributed by atoms with Crippen LogP contribution in [-0.4, -0.2) is 0 Å². The third kappa shape index (κ3) is 2.34. The molecule has 0 aromatic heterocycles. The lowest BCUT2D eigenvalue weighted by atomic mass is 9.99. The minimum atomic E-state index is 0.461. The fourth-order valence-corrected chi connectivity index (χ4v) is 2.27. The summed E-state index contributed by atoms with van der Waals surface area (Å²) in [5.74, 6) is 0. The molecule has 2 aromatic rings. The summed E-state index contributed by atoms with van der Waals surface area (Å²) >= 11 is 6.23. The average Bonchev–Trinajstić information content (AvgIpc) is 2.28. The van der Waals surface area contributed by atoms with Gasteiger partial charge in [-0.2, -0.15) is 0 Å². The Balaban J connectivity index is 2.64. The fraction of sp³-hybridized carbons (Fsp3) is 0.0667. The molecule has 0 aliphatic rings. The van der Waals surface area contributed by atoms with E-state index in [-0.39, 0.29) is 0 Å². The zero-order valence-electron chi connectivity index (χ0n) is 9.70. The van der Waals surface area contributed by atoms with Crippen molar-refractivity contribution in [1.29, 1.82) is 0 Å². The molecule has 0 spiro atoms. The van der Waals surface area contributed by atoms with E-state index in [1.54, 1.807) is 6.08 Å². The number of halogens is 1. The van der Waals surface area contributed by atoms with E-state index < -0.39 is 0 Å². The maximum absolute atomic E-state index is 6.23. The van der Waals surface area contributed by atoms with Gasteiger partial charge in [0.2, 0.25) is 0 Å². The van der Waals surface area contributed by atoms with Crippen LogP contribution >= 0.6 is 11.6 Å². The second kappa shape index (κ2) is 4.64. The van der Waals surface area contributed by atoms with Gasteiger partial charge in [-0.05, 0) is 34.9 Å². The molecule has 0 saturated heterocycles. The molecule has 0 aliphatic carbocycles. The van der Waals surface area contributed by atoms with Gasteiger partial charge in [-0.3, -0.25) is 0 Å². The first-order chi connectivity index (χ1) is 8.09. The Bertz CT molecular complexity index is 611. The summed E-state index contributed by atoms with van der Waals surface area (Å²) in [5, 5.41) is 3.05. The van der Waals surface area contributed by atoms with E-state index in [2.05, 4.69) is 31.7 Å². The van der Waals surface area contributed by atoms with Crippen molar-refractivity contribution in [2.45, 2.75) is 6.92 Å². The van der Waals surface area contributed by atoms with Crippen LogP contribution in [-0.2, 0) is 0 Å². The summed E-state index contributed by atoms with van der Waals surface area (Å²) in [6.07, 6.45) is 1.68. The Morgan fingerprint density at radius 3 is 2.65 bits per heavy atom. The highest BCUT2D eigenvalue weighted by atomic mass is 35.5. The molecule has 1 nitrogen and oxygen atoms in total. The molecule has 0 bridgehead atoms. The van der Waals surface area contributed by atoms with E-state index in [1.165, 1.54) is 10.8 Å². The van der Waals surface area contributed by atoms with Crippen LogP contribution in [0.1, 0.15) is 11.1 Å². The molecule has 2 aromatic carbocycles. The van der Waals surface area contributed by atoms with Gasteiger partial charge in [0.05, 0.1) is 5.03 Å². The van der Waals surface area contributed by atoms with Crippen LogP contribution in [0, 0.1) is 6.92 Å². The molecule has 0 aliphatic heterocycles.